The van der Waals surface area contributed by atoms with E-state index in [4.69, 9.17) is 38.7 Å². The minimum atomic E-state index is 0.0705. The summed E-state index contributed by atoms with van der Waals surface area (Å²) in [6, 6.07) is 5.63. The highest BCUT2D eigenvalue weighted by Crippen LogP contribution is 2.46. The second-order valence-electron chi connectivity index (χ2n) is 8.23. The van der Waals surface area contributed by atoms with Crippen LogP contribution in [0, 0.1) is 0 Å². The molecule has 0 spiro atoms. The number of anilines is 2. The van der Waals surface area contributed by atoms with Gasteiger partial charge in [-0.15, -0.1) is 0 Å². The van der Waals surface area contributed by atoms with Gasteiger partial charge in [-0.05, 0) is 43.5 Å². The highest BCUT2D eigenvalue weighted by Gasteiger charge is 2.32. The summed E-state index contributed by atoms with van der Waals surface area (Å²) < 4.78 is 5.04. The number of rotatable bonds is 6. The Labute approximate surface area is 192 Å². The van der Waals surface area contributed by atoms with E-state index in [-0.39, 0.29) is 11.9 Å². The van der Waals surface area contributed by atoms with Gasteiger partial charge in [-0.3, -0.25) is 4.79 Å². The maximum Gasteiger partial charge on any atom is 0.225 e. The smallest absolute Gasteiger partial charge is 0.225 e. The van der Waals surface area contributed by atoms with Crippen molar-refractivity contribution in [2.24, 2.45) is 0 Å². The van der Waals surface area contributed by atoms with E-state index in [1.165, 1.54) is 0 Å². The van der Waals surface area contributed by atoms with E-state index >= 15 is 0 Å². The zero-order chi connectivity index (χ0) is 22.1. The number of nitrogen functional groups attached to an aromatic ring is 1. The van der Waals surface area contributed by atoms with Crippen LogP contribution in [-0.4, -0.2) is 60.2 Å². The summed E-state index contributed by atoms with van der Waals surface area (Å²) in [5.74, 6) is 1.32. The van der Waals surface area contributed by atoms with Gasteiger partial charge in [0, 0.05) is 44.3 Å². The van der Waals surface area contributed by atoms with Crippen molar-refractivity contribution in [3.05, 3.63) is 34.2 Å². The number of nitrogens with zero attached hydrogens (tertiary/aromatic N) is 4. The molecule has 3 heterocycles. The topological polar surface area (TPSA) is 84.6 Å². The van der Waals surface area contributed by atoms with E-state index in [1.54, 1.807) is 19.2 Å². The Kier molecular flexibility index (Phi) is 6.55. The van der Waals surface area contributed by atoms with Crippen LogP contribution in [0.5, 0.6) is 0 Å². The first-order chi connectivity index (χ1) is 14.9. The highest BCUT2D eigenvalue weighted by atomic mass is 35.5. The van der Waals surface area contributed by atoms with Crippen LogP contribution in [0.1, 0.15) is 37.8 Å². The van der Waals surface area contributed by atoms with E-state index in [2.05, 4.69) is 16.8 Å². The molecule has 1 aliphatic carbocycles. The van der Waals surface area contributed by atoms with Crippen LogP contribution in [0.3, 0.4) is 0 Å². The fourth-order valence-electron chi connectivity index (χ4n) is 4.16. The molecule has 2 aliphatic rings. The first-order valence-electron chi connectivity index (χ1n) is 10.5. The first kappa shape index (κ1) is 22.1. The Balaban J connectivity index is 1.60. The molecule has 0 radical (unpaired) electrons. The van der Waals surface area contributed by atoms with Gasteiger partial charge in [-0.2, -0.15) is 0 Å². The summed E-state index contributed by atoms with van der Waals surface area (Å²) in [4.78, 5) is 25.6. The Morgan fingerprint density at radius 1 is 1.19 bits per heavy atom. The second-order valence-corrected chi connectivity index (χ2v) is 9.01. The maximum absolute atomic E-state index is 12.4. The molecule has 31 heavy (non-hydrogen) atoms. The van der Waals surface area contributed by atoms with Gasteiger partial charge in [-0.25, -0.2) is 9.97 Å². The van der Waals surface area contributed by atoms with Crippen molar-refractivity contribution in [2.75, 3.05) is 44.0 Å². The summed E-state index contributed by atoms with van der Waals surface area (Å²) in [5.41, 5.74) is 9.94. The molecular weight excluding hydrogens is 437 g/mol. The maximum atomic E-state index is 12.4. The molecule has 0 aromatic carbocycles. The predicted octanol–water partition coefficient (Wildman–Crippen LogP) is 3.98. The van der Waals surface area contributed by atoms with Crippen molar-refractivity contribution in [1.29, 1.82) is 0 Å². The zero-order valence-electron chi connectivity index (χ0n) is 17.8. The number of piperazine rings is 1. The fourth-order valence-corrected chi connectivity index (χ4v) is 4.62. The molecule has 2 aromatic heterocycles. The Morgan fingerprint density at radius 2 is 1.90 bits per heavy atom. The van der Waals surface area contributed by atoms with Crippen molar-refractivity contribution < 1.29 is 9.53 Å². The largest absolute Gasteiger partial charge is 0.396 e. The van der Waals surface area contributed by atoms with Crippen LogP contribution >= 0.6 is 23.2 Å². The van der Waals surface area contributed by atoms with Crippen LogP contribution in [0.25, 0.3) is 11.1 Å². The highest BCUT2D eigenvalue weighted by molar-refractivity contribution is 6.32. The van der Waals surface area contributed by atoms with Crippen LogP contribution in [0.15, 0.2) is 18.2 Å². The fraction of sp³-hybridized carbons (Fsp3) is 0.500. The summed E-state index contributed by atoms with van der Waals surface area (Å²) in [5, 5.41) is 0.685. The summed E-state index contributed by atoms with van der Waals surface area (Å²) in [6.07, 6.45) is 2.61. The number of nitrogens with two attached hydrogens (primary N) is 1. The van der Waals surface area contributed by atoms with Crippen LogP contribution in [0.2, 0.25) is 10.3 Å². The molecule has 1 saturated carbocycles. The third kappa shape index (κ3) is 4.89. The number of amides is 1. The SMILES string of the molecule is COCCC(=O)N1CCN(c2nc(C3CC3)c(-c3cc(Cl)nc(Cl)c3)cc2N)C[C@H]1C. The molecule has 2 N–H and O–H groups in total. The predicted molar refractivity (Wildman–Crippen MR) is 124 cm³/mol. The minimum Gasteiger partial charge on any atom is -0.396 e. The monoisotopic (exact) mass is 463 g/mol. The Bertz CT molecular complexity index is 962. The molecule has 1 amide bonds. The van der Waals surface area contributed by atoms with Gasteiger partial charge >= 0.3 is 0 Å². The Hall–Kier alpha value is -2.09. The number of carbonyl (C=O) groups excluding carboxylic acids is 1. The molecule has 1 saturated heterocycles. The number of halogens is 2. The zero-order valence-corrected chi connectivity index (χ0v) is 19.3. The van der Waals surface area contributed by atoms with Crippen LogP contribution in [0.4, 0.5) is 11.5 Å². The number of methoxy groups -OCH3 is 1. The normalized spacial score (nSPS) is 19.0. The molecule has 2 fully saturated rings. The lowest BCUT2D eigenvalue weighted by Gasteiger charge is -2.41. The van der Waals surface area contributed by atoms with Gasteiger partial charge in [-0.1, -0.05) is 23.2 Å². The number of hydrogen-bond acceptors (Lipinski definition) is 6. The lowest BCUT2D eigenvalue weighted by Crippen LogP contribution is -2.54. The van der Waals surface area contributed by atoms with Gasteiger partial charge in [0.05, 0.1) is 24.4 Å². The third-order valence-electron chi connectivity index (χ3n) is 5.87. The molecule has 0 bridgehead atoms. The lowest BCUT2D eigenvalue weighted by atomic mass is 10.0. The van der Waals surface area contributed by atoms with Crippen LogP contribution in [-0.2, 0) is 9.53 Å². The van der Waals surface area contributed by atoms with Gasteiger partial charge in [0.1, 0.15) is 10.3 Å². The van der Waals surface area contributed by atoms with Crippen molar-refractivity contribution in [2.45, 2.75) is 38.1 Å². The molecule has 4 rings (SSSR count). The van der Waals surface area contributed by atoms with E-state index in [0.717, 1.165) is 35.5 Å². The van der Waals surface area contributed by atoms with Crippen molar-refractivity contribution in [3.8, 4) is 11.1 Å². The minimum absolute atomic E-state index is 0.0705. The molecule has 7 nitrogen and oxygen atoms in total. The van der Waals surface area contributed by atoms with Crippen LogP contribution < -0.4 is 10.6 Å². The van der Waals surface area contributed by atoms with Gasteiger partial charge in [0.15, 0.2) is 5.82 Å². The van der Waals surface area contributed by atoms with Gasteiger partial charge in [0.25, 0.3) is 0 Å². The number of carbonyl (C=O) groups is 1. The quantitative estimate of drug-likeness (QED) is 0.651. The number of aromatic nitrogens is 2. The van der Waals surface area contributed by atoms with Crippen molar-refractivity contribution in [1.82, 2.24) is 14.9 Å². The summed E-state index contributed by atoms with van der Waals surface area (Å²) in [6.45, 7) is 4.52. The van der Waals surface area contributed by atoms with Gasteiger partial charge < -0.3 is 20.3 Å². The molecule has 0 unspecified atom stereocenters. The number of ether oxygens (including phenoxy) is 1. The molecule has 1 aliphatic heterocycles. The standard InChI is InChI=1S/C22H27Cl2N5O2/c1-13-12-28(6-7-29(13)20(30)5-8-31-2)22-17(25)11-16(21(27-22)14-3-4-14)15-9-18(23)26-19(24)10-15/h9-11,13-14H,3-8,12,25H2,1-2H3/t13-/m1/s1. The van der Waals surface area contributed by atoms with E-state index in [0.29, 0.717) is 54.6 Å². The van der Waals surface area contributed by atoms with E-state index in [1.807, 2.05) is 11.0 Å². The van der Waals surface area contributed by atoms with E-state index < -0.39 is 0 Å². The molecule has 1 atom stereocenters. The van der Waals surface area contributed by atoms with Crippen molar-refractivity contribution in [3.63, 3.8) is 0 Å². The molecule has 9 heteroatoms. The molecule has 2 aromatic rings. The lowest BCUT2D eigenvalue weighted by molar-refractivity contribution is -0.134. The van der Waals surface area contributed by atoms with E-state index in [9.17, 15) is 4.79 Å². The first-order valence-corrected chi connectivity index (χ1v) is 11.3. The Morgan fingerprint density at radius 3 is 2.52 bits per heavy atom. The number of hydrogen-bond donors (Lipinski definition) is 1. The van der Waals surface area contributed by atoms with Crippen molar-refractivity contribution >= 4 is 40.6 Å². The molecular formula is C22H27Cl2N5O2. The summed E-state index contributed by atoms with van der Waals surface area (Å²) >= 11 is 12.3. The average Bonchev–Trinajstić information content (AvgIpc) is 3.56. The number of pyridine rings is 2. The molecule has 166 valence electrons. The third-order valence-corrected chi connectivity index (χ3v) is 6.25. The summed E-state index contributed by atoms with van der Waals surface area (Å²) in [7, 11) is 1.61. The van der Waals surface area contributed by atoms with Gasteiger partial charge in [0.2, 0.25) is 5.91 Å². The average molecular weight is 464 g/mol. The second kappa shape index (κ2) is 9.18.